The summed E-state index contributed by atoms with van der Waals surface area (Å²) < 4.78 is 63.8. The Kier molecular flexibility index (Phi) is 11.2. The number of anilines is 1. The molecule has 9 nitrogen and oxygen atoms in total. The second-order valence-corrected chi connectivity index (χ2v) is 11.1. The van der Waals surface area contributed by atoms with E-state index < -0.39 is 42.1 Å². The minimum atomic E-state index is -4.61. The number of hydrogen-bond acceptors (Lipinski definition) is 6. The van der Waals surface area contributed by atoms with Crippen molar-refractivity contribution in [2.45, 2.75) is 52.1 Å². The van der Waals surface area contributed by atoms with Crippen LogP contribution in [0.5, 0.6) is 0 Å². The molecule has 0 saturated carbocycles. The zero-order valence-electron chi connectivity index (χ0n) is 24.8. The van der Waals surface area contributed by atoms with Crippen molar-refractivity contribution in [1.29, 1.82) is 0 Å². The molecule has 43 heavy (non-hydrogen) atoms. The lowest BCUT2D eigenvalue weighted by molar-refractivity contribution is -0.139. The van der Waals surface area contributed by atoms with Crippen LogP contribution in [0.4, 0.5) is 32.8 Å². The lowest BCUT2D eigenvalue weighted by Crippen LogP contribution is -2.43. The maximum Gasteiger partial charge on any atom is 0.416 e. The second kappa shape index (κ2) is 14.4. The van der Waals surface area contributed by atoms with Gasteiger partial charge in [0.1, 0.15) is 18.9 Å². The van der Waals surface area contributed by atoms with Gasteiger partial charge in [-0.25, -0.2) is 14.0 Å². The number of rotatable bonds is 10. The van der Waals surface area contributed by atoms with Crippen LogP contribution < -0.4 is 5.32 Å². The summed E-state index contributed by atoms with van der Waals surface area (Å²) >= 11 is 0. The fraction of sp³-hybridized carbons (Fsp3) is 0.500. The van der Waals surface area contributed by atoms with Crippen molar-refractivity contribution < 1.29 is 41.4 Å². The number of nitrogens with zero attached hydrogens (tertiary/aromatic N) is 3. The first-order valence-electron chi connectivity index (χ1n) is 13.9. The number of fused-ring (bicyclic) bond motifs is 1. The van der Waals surface area contributed by atoms with E-state index in [0.29, 0.717) is 18.7 Å². The van der Waals surface area contributed by atoms with Gasteiger partial charge in [0.15, 0.2) is 0 Å². The van der Waals surface area contributed by atoms with E-state index in [1.807, 2.05) is 6.07 Å². The van der Waals surface area contributed by atoms with Gasteiger partial charge in [0.05, 0.1) is 12.1 Å². The molecule has 236 valence electrons. The molecule has 2 aromatic rings. The van der Waals surface area contributed by atoms with Crippen molar-refractivity contribution in [2.24, 2.45) is 0 Å². The number of ether oxygens (including phenoxy) is 2. The van der Waals surface area contributed by atoms with Crippen LogP contribution >= 0.6 is 0 Å². The maximum atomic E-state index is 13.7. The number of hydrogen-bond donors (Lipinski definition) is 1. The Morgan fingerprint density at radius 3 is 2.42 bits per heavy atom. The zero-order valence-corrected chi connectivity index (χ0v) is 24.8. The van der Waals surface area contributed by atoms with Crippen LogP contribution in [0.25, 0.3) is 0 Å². The molecule has 0 bridgehead atoms. The molecule has 0 unspecified atom stereocenters. The molecule has 2 aromatic carbocycles. The molecule has 0 saturated heterocycles. The largest absolute Gasteiger partial charge is 0.447 e. The molecule has 0 spiro atoms. The molecule has 0 fully saturated rings. The Labute approximate surface area is 248 Å². The molecular formula is C30H38F4N4O5. The average Bonchev–Trinajstić information content (AvgIpc) is 2.94. The SMILES string of the molecule is CN(CCN(Cc1ccccc1C(F)(F)F)C(=O)CNc1cccc2c1CCN(C(=O)OCCF)C2)C(=O)OC(C)(C)C. The van der Waals surface area contributed by atoms with E-state index in [0.717, 1.165) is 17.2 Å². The summed E-state index contributed by atoms with van der Waals surface area (Å²) in [5, 5.41) is 3.10. The number of carbonyl (C=O) groups is 3. The van der Waals surface area contributed by atoms with Crippen molar-refractivity contribution in [2.75, 3.05) is 51.8 Å². The minimum absolute atomic E-state index is 0.0317. The van der Waals surface area contributed by atoms with Crippen molar-refractivity contribution in [3.63, 3.8) is 0 Å². The molecular weight excluding hydrogens is 572 g/mol. The predicted molar refractivity (Wildman–Crippen MR) is 152 cm³/mol. The third-order valence-corrected chi connectivity index (χ3v) is 6.70. The fourth-order valence-corrected chi connectivity index (χ4v) is 4.56. The predicted octanol–water partition coefficient (Wildman–Crippen LogP) is 5.48. The van der Waals surface area contributed by atoms with Crippen LogP contribution in [0.1, 0.15) is 43.0 Å². The molecule has 1 aliphatic heterocycles. The maximum absolute atomic E-state index is 13.7. The lowest BCUT2D eigenvalue weighted by atomic mass is 9.98. The van der Waals surface area contributed by atoms with Crippen LogP contribution in [0.3, 0.4) is 0 Å². The summed E-state index contributed by atoms with van der Waals surface area (Å²) in [6, 6.07) is 10.4. The Morgan fingerprint density at radius 2 is 1.74 bits per heavy atom. The molecule has 0 aromatic heterocycles. The van der Waals surface area contributed by atoms with E-state index >= 15 is 0 Å². The van der Waals surface area contributed by atoms with Crippen LogP contribution in [-0.2, 0) is 40.0 Å². The van der Waals surface area contributed by atoms with Crippen LogP contribution in [0, 0.1) is 0 Å². The standard InChI is InChI=1S/C30H38F4N4O5/c1-29(2,3)43-27(40)36(4)15-16-37(20-22-8-5-6-10-24(22)30(32,33)34)26(39)18-35-25-11-7-9-21-19-38(14-12-23(21)25)28(41)42-17-13-31/h5-11,35H,12-20H2,1-4H3. The van der Waals surface area contributed by atoms with Gasteiger partial charge in [-0.2, -0.15) is 13.2 Å². The van der Waals surface area contributed by atoms with Gasteiger partial charge in [-0.1, -0.05) is 30.3 Å². The number of likely N-dealkylation sites (N-methyl/N-ethyl adjacent to an activating group) is 1. The van der Waals surface area contributed by atoms with Crippen molar-refractivity contribution >= 4 is 23.8 Å². The first kappa shape index (κ1) is 33.5. The normalized spacial score (nSPS) is 13.2. The molecule has 13 heteroatoms. The Balaban J connectivity index is 1.75. The van der Waals surface area contributed by atoms with Gasteiger partial charge < -0.3 is 29.5 Å². The Bertz CT molecular complexity index is 1280. The summed E-state index contributed by atoms with van der Waals surface area (Å²) in [5.74, 6) is -0.473. The number of amides is 3. The van der Waals surface area contributed by atoms with Crippen molar-refractivity contribution in [3.8, 4) is 0 Å². The van der Waals surface area contributed by atoms with Crippen molar-refractivity contribution in [3.05, 3.63) is 64.7 Å². The lowest BCUT2D eigenvalue weighted by Gasteiger charge is -2.30. The van der Waals surface area contributed by atoms with E-state index in [2.05, 4.69) is 5.32 Å². The summed E-state index contributed by atoms with van der Waals surface area (Å²) in [6.07, 6.45) is -5.37. The van der Waals surface area contributed by atoms with Crippen LogP contribution in [-0.4, -0.2) is 84.9 Å². The van der Waals surface area contributed by atoms with Gasteiger partial charge in [0, 0.05) is 45.5 Å². The summed E-state index contributed by atoms with van der Waals surface area (Å²) in [7, 11) is 1.49. The van der Waals surface area contributed by atoms with E-state index in [1.165, 1.54) is 39.9 Å². The zero-order chi connectivity index (χ0) is 31.8. The van der Waals surface area contributed by atoms with E-state index in [9.17, 15) is 31.9 Å². The monoisotopic (exact) mass is 610 g/mol. The third-order valence-electron chi connectivity index (χ3n) is 6.70. The van der Waals surface area contributed by atoms with E-state index in [1.54, 1.807) is 32.9 Å². The highest BCUT2D eigenvalue weighted by atomic mass is 19.4. The number of alkyl halides is 4. The molecule has 0 atom stereocenters. The first-order valence-corrected chi connectivity index (χ1v) is 13.9. The summed E-state index contributed by atoms with van der Waals surface area (Å²) in [4.78, 5) is 42.1. The average molecular weight is 611 g/mol. The van der Waals surface area contributed by atoms with Crippen LogP contribution in [0.15, 0.2) is 42.5 Å². The van der Waals surface area contributed by atoms with Crippen LogP contribution in [0.2, 0.25) is 0 Å². The topological polar surface area (TPSA) is 91.4 Å². The molecule has 0 radical (unpaired) electrons. The van der Waals surface area contributed by atoms with E-state index in [-0.39, 0.29) is 44.9 Å². The molecule has 1 heterocycles. The van der Waals surface area contributed by atoms with E-state index in [4.69, 9.17) is 9.47 Å². The van der Waals surface area contributed by atoms with Gasteiger partial charge in [0.25, 0.3) is 0 Å². The van der Waals surface area contributed by atoms with Crippen molar-refractivity contribution in [1.82, 2.24) is 14.7 Å². The summed E-state index contributed by atoms with van der Waals surface area (Å²) in [6.45, 7) is 4.10. The number of halogens is 4. The fourth-order valence-electron chi connectivity index (χ4n) is 4.56. The van der Waals surface area contributed by atoms with Gasteiger partial charge in [-0.05, 0) is 56.0 Å². The number of nitrogens with one attached hydrogen (secondary N) is 1. The van der Waals surface area contributed by atoms with Gasteiger partial charge in [0.2, 0.25) is 5.91 Å². The Morgan fingerprint density at radius 1 is 1.02 bits per heavy atom. The first-order chi connectivity index (χ1) is 20.2. The van der Waals surface area contributed by atoms with Gasteiger partial charge in [-0.15, -0.1) is 0 Å². The summed E-state index contributed by atoms with van der Waals surface area (Å²) in [5.41, 5.74) is 0.730. The molecule has 3 rings (SSSR count). The highest BCUT2D eigenvalue weighted by Gasteiger charge is 2.34. The number of benzene rings is 2. The third kappa shape index (κ3) is 9.75. The van der Waals surface area contributed by atoms with Gasteiger partial charge in [-0.3, -0.25) is 4.79 Å². The smallest absolute Gasteiger partial charge is 0.416 e. The molecule has 1 N–H and O–H groups in total. The molecule has 3 amide bonds. The highest BCUT2D eigenvalue weighted by molar-refractivity contribution is 5.81. The quantitative estimate of drug-likeness (QED) is 0.359. The Hall–Kier alpha value is -4.03. The molecule has 0 aliphatic carbocycles. The number of carbonyl (C=O) groups excluding carboxylic acids is 3. The molecule has 1 aliphatic rings. The highest BCUT2D eigenvalue weighted by Crippen LogP contribution is 2.32. The second-order valence-electron chi connectivity index (χ2n) is 11.1. The van der Waals surface area contributed by atoms with Gasteiger partial charge >= 0.3 is 18.4 Å². The minimum Gasteiger partial charge on any atom is -0.447 e.